The molecule has 1 aliphatic heterocycles. The van der Waals surface area contributed by atoms with Gasteiger partial charge in [-0.3, -0.25) is 0 Å². The second kappa shape index (κ2) is 8.91. The Morgan fingerprint density at radius 2 is 1.76 bits per heavy atom. The molecule has 14 heteroatoms. The molecule has 3 aromatic heterocycles. The zero-order valence-electron chi connectivity index (χ0n) is 18.1. The van der Waals surface area contributed by atoms with Crippen molar-refractivity contribution in [1.82, 2.24) is 24.5 Å². The zero-order chi connectivity index (χ0) is 24.8. The van der Waals surface area contributed by atoms with Crippen molar-refractivity contribution in [3.8, 4) is 0 Å². The Bertz CT molecular complexity index is 1160. The maximum atomic E-state index is 13.9. The standard InChI is InChI=1S/C20H22F5N7O2/c1-9(33)18-28-13-6-27-16(5-14(13)32(18)10(2)20(23,24)25)29-15-3-4-26-19(30-15)31-7-11(21)17(34)12(22)8-31/h3-6,9-12,17,33-34H,7-8H2,1-2H3,(H,26,27,29,30)/t9-,10+,11-,12+,17?/m1/s1. The van der Waals surface area contributed by atoms with Gasteiger partial charge in [-0.1, -0.05) is 0 Å². The van der Waals surface area contributed by atoms with Crippen LogP contribution in [-0.2, 0) is 0 Å². The number of hydrogen-bond donors (Lipinski definition) is 3. The van der Waals surface area contributed by atoms with Gasteiger partial charge in [0.15, 0.2) is 0 Å². The average Bonchev–Trinajstić information content (AvgIpc) is 3.15. The van der Waals surface area contributed by atoms with Crippen molar-refractivity contribution in [3.05, 3.63) is 30.4 Å². The smallest absolute Gasteiger partial charge is 0.387 e. The molecular formula is C20H22F5N7O2. The summed E-state index contributed by atoms with van der Waals surface area (Å²) >= 11 is 0. The van der Waals surface area contributed by atoms with Crippen molar-refractivity contribution in [2.45, 2.75) is 50.6 Å². The second-order valence-electron chi connectivity index (χ2n) is 8.09. The molecule has 1 fully saturated rings. The van der Waals surface area contributed by atoms with Gasteiger partial charge in [0.2, 0.25) is 5.95 Å². The minimum Gasteiger partial charge on any atom is -0.387 e. The predicted molar refractivity (Wildman–Crippen MR) is 112 cm³/mol. The summed E-state index contributed by atoms with van der Waals surface area (Å²) in [4.78, 5) is 17.7. The molecule has 3 aromatic rings. The van der Waals surface area contributed by atoms with Gasteiger partial charge >= 0.3 is 6.18 Å². The Kier molecular flexibility index (Phi) is 6.29. The molecule has 1 unspecified atom stereocenters. The van der Waals surface area contributed by atoms with Gasteiger partial charge in [-0.05, 0) is 19.9 Å². The van der Waals surface area contributed by atoms with Crippen LogP contribution in [0.3, 0.4) is 0 Å². The largest absolute Gasteiger partial charge is 0.408 e. The highest BCUT2D eigenvalue weighted by Gasteiger charge is 2.40. The number of anilines is 3. The number of alkyl halides is 5. The van der Waals surface area contributed by atoms with Crippen molar-refractivity contribution < 1.29 is 32.2 Å². The first-order chi connectivity index (χ1) is 16.0. The summed E-state index contributed by atoms with van der Waals surface area (Å²) in [5.74, 6) is 0.164. The molecule has 184 valence electrons. The van der Waals surface area contributed by atoms with E-state index in [9.17, 15) is 32.2 Å². The summed E-state index contributed by atoms with van der Waals surface area (Å²) in [6.07, 6.45) is -8.57. The number of hydrogen-bond acceptors (Lipinski definition) is 8. The molecule has 0 aromatic carbocycles. The number of nitrogens with zero attached hydrogens (tertiary/aromatic N) is 6. The van der Waals surface area contributed by atoms with E-state index in [1.165, 1.54) is 36.4 Å². The number of aliphatic hydroxyl groups excluding tert-OH is 2. The van der Waals surface area contributed by atoms with Gasteiger partial charge in [-0.15, -0.1) is 0 Å². The Morgan fingerprint density at radius 1 is 1.09 bits per heavy atom. The summed E-state index contributed by atoms with van der Waals surface area (Å²) in [6, 6.07) is 0.829. The first kappa shape index (κ1) is 24.0. The molecule has 3 N–H and O–H groups in total. The molecule has 5 atom stereocenters. The van der Waals surface area contributed by atoms with E-state index in [4.69, 9.17) is 0 Å². The molecule has 0 spiro atoms. The van der Waals surface area contributed by atoms with Crippen molar-refractivity contribution in [2.75, 3.05) is 23.3 Å². The van der Waals surface area contributed by atoms with Crippen LogP contribution in [0.4, 0.5) is 39.5 Å². The number of rotatable bonds is 5. The molecule has 0 saturated carbocycles. The second-order valence-corrected chi connectivity index (χ2v) is 8.09. The normalized spacial score (nSPS) is 23.2. The first-order valence-electron chi connectivity index (χ1n) is 10.4. The predicted octanol–water partition coefficient (Wildman–Crippen LogP) is 3.00. The number of aliphatic hydroxyl groups is 2. The molecule has 0 radical (unpaired) electrons. The minimum atomic E-state index is -4.58. The van der Waals surface area contributed by atoms with Crippen LogP contribution in [0.1, 0.15) is 31.8 Å². The first-order valence-corrected chi connectivity index (χ1v) is 10.4. The van der Waals surface area contributed by atoms with Crippen molar-refractivity contribution >= 4 is 28.6 Å². The lowest BCUT2D eigenvalue weighted by Crippen LogP contribution is -2.52. The van der Waals surface area contributed by atoms with Gasteiger partial charge < -0.3 is 25.0 Å². The molecule has 1 aliphatic rings. The highest BCUT2D eigenvalue weighted by atomic mass is 19.4. The number of nitrogens with one attached hydrogen (secondary N) is 1. The quantitative estimate of drug-likeness (QED) is 0.471. The van der Waals surface area contributed by atoms with Gasteiger partial charge in [0.1, 0.15) is 53.6 Å². The minimum absolute atomic E-state index is 0.00963. The van der Waals surface area contributed by atoms with E-state index in [0.29, 0.717) is 0 Å². The van der Waals surface area contributed by atoms with Crippen LogP contribution < -0.4 is 10.2 Å². The average molecular weight is 487 g/mol. The van der Waals surface area contributed by atoms with Crippen molar-refractivity contribution in [1.29, 1.82) is 0 Å². The van der Waals surface area contributed by atoms with Crippen LogP contribution in [0.15, 0.2) is 24.5 Å². The molecule has 34 heavy (non-hydrogen) atoms. The number of pyridine rings is 1. The van der Waals surface area contributed by atoms with Gasteiger partial charge in [0.25, 0.3) is 0 Å². The van der Waals surface area contributed by atoms with Gasteiger partial charge in [0, 0.05) is 12.3 Å². The zero-order valence-corrected chi connectivity index (χ0v) is 18.1. The van der Waals surface area contributed by atoms with Crippen LogP contribution in [-0.4, -0.2) is 72.4 Å². The van der Waals surface area contributed by atoms with Crippen LogP contribution >= 0.6 is 0 Å². The summed E-state index contributed by atoms with van der Waals surface area (Å²) in [5, 5.41) is 22.3. The fourth-order valence-electron chi connectivity index (χ4n) is 3.74. The molecular weight excluding hydrogens is 465 g/mol. The monoisotopic (exact) mass is 487 g/mol. The van der Waals surface area contributed by atoms with Crippen LogP contribution in [0, 0.1) is 0 Å². The summed E-state index contributed by atoms with van der Waals surface area (Å²) in [6.45, 7) is 1.68. The van der Waals surface area contributed by atoms with E-state index in [1.54, 1.807) is 0 Å². The van der Waals surface area contributed by atoms with E-state index >= 15 is 0 Å². The number of aromatic nitrogens is 5. The van der Waals surface area contributed by atoms with Gasteiger partial charge in [-0.2, -0.15) is 18.2 Å². The molecule has 0 aliphatic carbocycles. The van der Waals surface area contributed by atoms with Crippen LogP contribution in [0.25, 0.3) is 11.0 Å². The molecule has 4 rings (SSSR count). The fraction of sp³-hybridized carbons (Fsp3) is 0.500. The van der Waals surface area contributed by atoms with E-state index in [0.717, 1.165) is 11.5 Å². The van der Waals surface area contributed by atoms with E-state index < -0.39 is 36.8 Å². The lowest BCUT2D eigenvalue weighted by molar-refractivity contribution is -0.163. The van der Waals surface area contributed by atoms with Gasteiger partial charge in [0.05, 0.1) is 24.8 Å². The lowest BCUT2D eigenvalue weighted by atomic mass is 10.1. The van der Waals surface area contributed by atoms with E-state index in [1.807, 2.05) is 0 Å². The number of imidazole rings is 1. The third-order valence-electron chi connectivity index (χ3n) is 5.55. The molecule has 9 nitrogen and oxygen atoms in total. The Hall–Kier alpha value is -3.13. The van der Waals surface area contributed by atoms with Crippen molar-refractivity contribution in [3.63, 3.8) is 0 Å². The molecule has 0 bridgehead atoms. The molecule has 4 heterocycles. The lowest BCUT2D eigenvalue weighted by Gasteiger charge is -2.34. The maximum absolute atomic E-state index is 13.9. The number of fused-ring (bicyclic) bond motifs is 1. The maximum Gasteiger partial charge on any atom is 0.408 e. The van der Waals surface area contributed by atoms with Crippen molar-refractivity contribution in [2.24, 2.45) is 0 Å². The Morgan fingerprint density at radius 3 is 2.38 bits per heavy atom. The van der Waals surface area contributed by atoms with Crippen LogP contribution in [0.2, 0.25) is 0 Å². The highest BCUT2D eigenvalue weighted by molar-refractivity contribution is 5.79. The Balaban J connectivity index is 1.65. The Labute approximate surface area is 190 Å². The van der Waals surface area contributed by atoms with E-state index in [2.05, 4.69) is 25.3 Å². The number of halogens is 5. The number of piperidine rings is 1. The fourth-order valence-corrected chi connectivity index (χ4v) is 3.74. The highest BCUT2D eigenvalue weighted by Crippen LogP contribution is 2.36. The summed E-state index contributed by atoms with van der Waals surface area (Å²) in [7, 11) is 0. The van der Waals surface area contributed by atoms with E-state index in [-0.39, 0.29) is 47.5 Å². The summed E-state index contributed by atoms with van der Waals surface area (Å²) < 4.78 is 69.1. The molecule has 0 amide bonds. The van der Waals surface area contributed by atoms with Gasteiger partial charge in [-0.25, -0.2) is 23.7 Å². The third-order valence-corrected chi connectivity index (χ3v) is 5.55. The third kappa shape index (κ3) is 4.59. The van der Waals surface area contributed by atoms with Crippen LogP contribution in [0.5, 0.6) is 0 Å². The summed E-state index contributed by atoms with van der Waals surface area (Å²) in [5.41, 5.74) is 0.258. The SMILES string of the molecule is C[C@H](n1c([C@@H](C)O)nc2cnc(Nc3ccnc(N4C[C@@H](F)C(O)[C@@H](F)C4)n3)cc21)C(F)(F)F. The molecule has 1 saturated heterocycles. The topological polar surface area (TPSA) is 112 Å².